The Morgan fingerprint density at radius 3 is 2.00 bits per heavy atom. The molecule has 442 valence electrons. The lowest BCUT2D eigenvalue weighted by molar-refractivity contribution is -0.119. The third-order valence-corrected chi connectivity index (χ3v) is 20.5. The second-order valence-electron chi connectivity index (χ2n) is 22.8. The standard InChI is InChI=1S/C61H79Cl2N9O8S2/c1-42-12-14-45(54-37-69(4)39-56-47(34-64)28-48(62)31-52(54)56)29-59(42)81(75,76)41-44-16-20-71(35-44)22-26-79-24-9-11-51(73)10-7-6-8-18-66-61(74)67-19-25-80-27-23-72-21-17-50(36-72)68-82(77,78)60-30-46(15-13-43(60)2)55-38-70(5)40-57-53(55)32-49(63)33-58(57)65-3/h12-15,28-33,44,50,54-55,68H,6-11,16-27,35-41H2,1-2,4-5H3,(H2,66,67,74)/t44-,50-,54?,55?/m1/s1. The third-order valence-electron chi connectivity index (χ3n) is 16.4. The molecule has 4 aliphatic heterocycles. The number of likely N-dealkylation sites (N-methyl/N-ethyl adjacent to an activating group) is 2. The monoisotopic (exact) mass is 1200 g/mol. The molecule has 2 saturated heterocycles. The summed E-state index contributed by atoms with van der Waals surface area (Å²) in [7, 11) is -3.40. The Morgan fingerprint density at radius 2 is 1.30 bits per heavy atom. The van der Waals surface area contributed by atoms with Crippen LogP contribution in [0.15, 0.2) is 70.5 Å². The molecular formula is C61H79Cl2N9O8S2. The third kappa shape index (κ3) is 16.9. The van der Waals surface area contributed by atoms with Crippen molar-refractivity contribution >= 4 is 60.6 Å². The van der Waals surface area contributed by atoms with Crippen LogP contribution in [0, 0.1) is 37.7 Å². The van der Waals surface area contributed by atoms with Crippen molar-refractivity contribution in [2.45, 2.75) is 106 Å². The number of halogens is 2. The van der Waals surface area contributed by atoms with E-state index < -0.39 is 19.9 Å². The zero-order chi connectivity index (χ0) is 58.6. The van der Waals surface area contributed by atoms with Gasteiger partial charge in [0.1, 0.15) is 5.78 Å². The van der Waals surface area contributed by atoms with Gasteiger partial charge in [0.15, 0.2) is 15.5 Å². The number of Topliss-reactive ketones (excluding diaryl/α,β-unsaturated/α-hetero) is 1. The summed E-state index contributed by atoms with van der Waals surface area (Å²) < 4.78 is 70.2. The summed E-state index contributed by atoms with van der Waals surface area (Å²) in [6.07, 6.45) is 5.43. The Hall–Kier alpha value is -5.00. The zero-order valence-electron chi connectivity index (χ0n) is 47.8. The Kier molecular flexibility index (Phi) is 22.4. The lowest BCUT2D eigenvalue weighted by atomic mass is 9.83. The summed E-state index contributed by atoms with van der Waals surface area (Å²) in [6, 6.07) is 20.3. The summed E-state index contributed by atoms with van der Waals surface area (Å²) in [5, 5.41) is 16.5. The smallest absolute Gasteiger partial charge is 0.314 e. The molecule has 4 aliphatic rings. The van der Waals surface area contributed by atoms with Crippen LogP contribution in [0.4, 0.5) is 10.5 Å². The molecule has 0 radical (unpaired) electrons. The molecule has 82 heavy (non-hydrogen) atoms. The molecule has 4 heterocycles. The fourth-order valence-corrected chi connectivity index (χ4v) is 16.0. The number of sulfone groups is 1. The average Bonchev–Trinajstić information content (AvgIpc) is 4.14. The van der Waals surface area contributed by atoms with E-state index in [2.05, 4.69) is 45.9 Å². The van der Waals surface area contributed by atoms with Crippen LogP contribution in [-0.2, 0) is 47.2 Å². The number of carbonyl (C=O) groups excluding carboxylic acids is 2. The SMILES string of the molecule is [C-]#[N+]c1cc(Cl)cc2c1CN(C)CC2c1ccc(C)c(S(=O)(=O)N[C@@H]2CCN(CCOCCNC(=O)NCCCCCC(=O)CCCOCCN3CC[C@@H](CS(=O)(=O)c4cc(C5CN(C)Cc6c(C#N)cc(Cl)cc65)ccc4C)C3)C2)c1. The fraction of sp³-hybridized carbons (Fsp3) is 0.541. The highest BCUT2D eigenvalue weighted by Gasteiger charge is 2.34. The van der Waals surface area contributed by atoms with Crippen molar-refractivity contribution in [1.82, 2.24) is 35.0 Å². The molecule has 0 saturated carbocycles. The van der Waals surface area contributed by atoms with Crippen LogP contribution < -0.4 is 15.4 Å². The van der Waals surface area contributed by atoms with Gasteiger partial charge in [0, 0.05) is 113 Å². The number of ether oxygens (including phenoxy) is 2. The van der Waals surface area contributed by atoms with E-state index in [1.807, 2.05) is 63.5 Å². The van der Waals surface area contributed by atoms with Gasteiger partial charge in [-0.3, -0.25) is 9.69 Å². The van der Waals surface area contributed by atoms with Gasteiger partial charge in [-0.25, -0.2) is 31.2 Å². The first-order valence-corrected chi connectivity index (χ1v) is 32.6. The van der Waals surface area contributed by atoms with Crippen LogP contribution in [0.25, 0.3) is 4.85 Å². The van der Waals surface area contributed by atoms with Crippen LogP contribution in [0.3, 0.4) is 0 Å². The molecule has 3 N–H and O–H groups in total. The second-order valence-corrected chi connectivity index (χ2v) is 27.3. The predicted octanol–water partition coefficient (Wildman–Crippen LogP) is 8.58. The maximum Gasteiger partial charge on any atom is 0.314 e. The number of unbranched alkanes of at least 4 members (excludes halogenated alkanes) is 2. The predicted molar refractivity (Wildman–Crippen MR) is 320 cm³/mol. The number of urea groups is 1. The quantitative estimate of drug-likeness (QED) is 0.0380. The van der Waals surface area contributed by atoms with Crippen molar-refractivity contribution in [2.24, 2.45) is 5.92 Å². The number of hydrogen-bond donors (Lipinski definition) is 3. The summed E-state index contributed by atoms with van der Waals surface area (Å²) in [5.41, 5.74) is 8.02. The molecule has 8 rings (SSSR count). The molecule has 17 nitrogen and oxygen atoms in total. The highest BCUT2D eigenvalue weighted by molar-refractivity contribution is 7.91. The molecule has 4 aromatic carbocycles. The number of carbonyl (C=O) groups is 2. The molecule has 4 aromatic rings. The number of sulfonamides is 1. The van der Waals surface area contributed by atoms with Gasteiger partial charge in [-0.05, 0) is 160 Å². The van der Waals surface area contributed by atoms with Gasteiger partial charge in [0.2, 0.25) is 10.0 Å². The summed E-state index contributed by atoms with van der Waals surface area (Å²) in [5.74, 6) is 0.0472. The zero-order valence-corrected chi connectivity index (χ0v) is 50.9. The second kappa shape index (κ2) is 29.2. The number of aryl methyl sites for hydroxylation is 2. The first-order valence-electron chi connectivity index (χ1n) is 28.7. The number of ketones is 1. The van der Waals surface area contributed by atoms with Crippen LogP contribution in [0.2, 0.25) is 10.0 Å². The van der Waals surface area contributed by atoms with Crippen molar-refractivity contribution < 1.29 is 35.9 Å². The molecule has 0 bridgehead atoms. The minimum absolute atomic E-state index is 0.0151. The highest BCUT2D eigenvalue weighted by Crippen LogP contribution is 2.41. The van der Waals surface area contributed by atoms with Crippen molar-refractivity contribution in [3.63, 3.8) is 0 Å². The Morgan fingerprint density at radius 1 is 0.707 bits per heavy atom. The van der Waals surface area contributed by atoms with Crippen LogP contribution in [0.5, 0.6) is 0 Å². The van der Waals surface area contributed by atoms with E-state index in [-0.39, 0.29) is 46.3 Å². The van der Waals surface area contributed by atoms with E-state index in [1.165, 1.54) is 0 Å². The van der Waals surface area contributed by atoms with Gasteiger partial charge >= 0.3 is 6.03 Å². The number of fused-ring (bicyclic) bond motifs is 2. The normalized spacial score (nSPS) is 19.8. The summed E-state index contributed by atoms with van der Waals surface area (Å²) >= 11 is 12.9. The van der Waals surface area contributed by atoms with E-state index in [0.29, 0.717) is 149 Å². The Bertz CT molecular complexity index is 3030. The lowest BCUT2D eigenvalue weighted by Gasteiger charge is -2.34. The van der Waals surface area contributed by atoms with Crippen molar-refractivity contribution in [1.29, 1.82) is 5.26 Å². The number of nitrogens with one attached hydrogen (secondary N) is 3. The molecule has 0 aliphatic carbocycles. The number of nitrogens with zero attached hydrogens (tertiary/aromatic N) is 6. The molecule has 0 spiro atoms. The number of amides is 2. The van der Waals surface area contributed by atoms with Gasteiger partial charge in [-0.1, -0.05) is 53.9 Å². The maximum atomic E-state index is 13.9. The molecule has 21 heteroatoms. The minimum atomic E-state index is -3.83. The number of nitriles is 1. The number of hydrogen-bond acceptors (Lipinski definition) is 13. The van der Waals surface area contributed by atoms with E-state index in [1.54, 1.807) is 25.1 Å². The van der Waals surface area contributed by atoms with Gasteiger partial charge in [0.05, 0.1) is 53.6 Å². The van der Waals surface area contributed by atoms with E-state index in [0.717, 1.165) is 77.7 Å². The highest BCUT2D eigenvalue weighted by atomic mass is 35.5. The average molecular weight is 1200 g/mol. The Labute approximate surface area is 495 Å². The van der Waals surface area contributed by atoms with E-state index in [9.17, 15) is 31.7 Å². The van der Waals surface area contributed by atoms with Crippen molar-refractivity contribution in [2.75, 3.05) is 112 Å². The molecule has 4 atom stereocenters. The van der Waals surface area contributed by atoms with Crippen molar-refractivity contribution in [3.05, 3.63) is 132 Å². The fourth-order valence-electron chi connectivity index (χ4n) is 12.1. The first-order chi connectivity index (χ1) is 39.3. The van der Waals surface area contributed by atoms with E-state index >= 15 is 0 Å². The van der Waals surface area contributed by atoms with Crippen LogP contribution in [-0.4, -0.2) is 166 Å². The van der Waals surface area contributed by atoms with Crippen LogP contribution >= 0.6 is 23.2 Å². The summed E-state index contributed by atoms with van der Waals surface area (Å²) in [6.45, 7) is 20.7. The van der Waals surface area contributed by atoms with E-state index in [4.69, 9.17) is 39.2 Å². The molecule has 2 fully saturated rings. The molecule has 0 aromatic heterocycles. The number of rotatable bonds is 27. The molecule has 2 unspecified atom stereocenters. The topological polar surface area (TPSA) is 198 Å². The number of benzene rings is 4. The van der Waals surface area contributed by atoms with Gasteiger partial charge in [-0.15, -0.1) is 0 Å². The minimum Gasteiger partial charge on any atom is -0.380 e. The Balaban J connectivity index is 0.626. The maximum absolute atomic E-state index is 13.9. The largest absolute Gasteiger partial charge is 0.380 e. The number of likely N-dealkylation sites (tertiary alicyclic amines) is 2. The summed E-state index contributed by atoms with van der Waals surface area (Å²) in [4.78, 5) is 37.9. The van der Waals surface area contributed by atoms with Gasteiger partial charge in [-0.2, -0.15) is 5.26 Å². The molecular weight excluding hydrogens is 1120 g/mol. The first kappa shape index (κ1) is 63.0. The van der Waals surface area contributed by atoms with Crippen molar-refractivity contribution in [3.8, 4) is 6.07 Å². The molecule has 2 amide bonds. The van der Waals surface area contributed by atoms with Crippen LogP contribution in [0.1, 0.15) is 113 Å². The van der Waals surface area contributed by atoms with Gasteiger partial charge in [0.25, 0.3) is 0 Å². The lowest BCUT2D eigenvalue weighted by Crippen LogP contribution is -2.38. The van der Waals surface area contributed by atoms with Gasteiger partial charge < -0.3 is 34.8 Å².